The van der Waals surface area contributed by atoms with Crippen LogP contribution in [0.2, 0.25) is 0 Å². The highest BCUT2D eigenvalue weighted by atomic mass is 32.2. The normalized spacial score (nSPS) is 15.9. The zero-order valence-electron chi connectivity index (χ0n) is 17.7. The number of thioether (sulfide) groups is 1. The van der Waals surface area contributed by atoms with E-state index in [1.807, 2.05) is 16.9 Å². The number of aromatic nitrogens is 3. The van der Waals surface area contributed by atoms with Gasteiger partial charge in [0.2, 0.25) is 10.0 Å². The minimum Gasteiger partial charge on any atom is -0.320 e. The predicted molar refractivity (Wildman–Crippen MR) is 118 cm³/mol. The lowest BCUT2D eigenvalue weighted by Gasteiger charge is -2.29. The molecule has 174 valence electrons. The summed E-state index contributed by atoms with van der Waals surface area (Å²) >= 11 is 1.50. The van der Waals surface area contributed by atoms with Crippen molar-refractivity contribution in [2.24, 2.45) is 0 Å². The largest absolute Gasteiger partial charge is 0.404 e. The average molecular weight is 496 g/mol. The molecule has 1 aliphatic rings. The molecule has 1 fully saturated rings. The summed E-state index contributed by atoms with van der Waals surface area (Å²) in [5, 5.41) is 10.6. The second-order valence-electron chi connectivity index (χ2n) is 7.80. The van der Waals surface area contributed by atoms with Crippen molar-refractivity contribution in [2.75, 3.05) is 6.26 Å². The lowest BCUT2D eigenvalue weighted by molar-refractivity contribution is -0.147. The molecule has 1 saturated carbocycles. The quantitative estimate of drug-likeness (QED) is 0.500. The van der Waals surface area contributed by atoms with E-state index in [4.69, 9.17) is 0 Å². The molecule has 1 aliphatic carbocycles. The van der Waals surface area contributed by atoms with Crippen molar-refractivity contribution in [2.45, 2.75) is 54.2 Å². The van der Waals surface area contributed by atoms with Gasteiger partial charge in [-0.2, -0.15) is 23.2 Å². The van der Waals surface area contributed by atoms with Crippen LogP contribution in [-0.2, 0) is 10.0 Å². The van der Waals surface area contributed by atoms with E-state index >= 15 is 0 Å². The molecule has 0 amide bonds. The molecule has 1 atom stereocenters. The number of fused-ring (bicyclic) bond motifs is 1. The fourth-order valence-electron chi connectivity index (χ4n) is 3.69. The Morgan fingerprint density at radius 2 is 2.00 bits per heavy atom. The Labute approximate surface area is 193 Å². The van der Waals surface area contributed by atoms with E-state index in [1.54, 1.807) is 10.9 Å². The van der Waals surface area contributed by atoms with Crippen LogP contribution in [0.5, 0.6) is 0 Å². The van der Waals surface area contributed by atoms with Crippen LogP contribution in [0.4, 0.5) is 13.2 Å². The van der Waals surface area contributed by atoms with E-state index in [-0.39, 0.29) is 6.04 Å². The lowest BCUT2D eigenvalue weighted by Crippen LogP contribution is -2.42. The molecule has 3 aromatic rings. The van der Waals surface area contributed by atoms with Gasteiger partial charge in [-0.15, -0.1) is 11.8 Å². The fraction of sp³-hybridized carbons (Fsp3) is 0.381. The topological polar surface area (TPSA) is 101 Å². The van der Waals surface area contributed by atoms with Gasteiger partial charge in [-0.05, 0) is 50.6 Å². The average Bonchev–Trinajstić information content (AvgIpc) is 3.04. The Bertz CT molecular complexity index is 1340. The van der Waals surface area contributed by atoms with E-state index in [1.165, 1.54) is 23.9 Å². The number of hydrogen-bond donors (Lipinski definition) is 1. The van der Waals surface area contributed by atoms with Crippen molar-refractivity contribution < 1.29 is 21.6 Å². The first-order valence-corrected chi connectivity index (χ1v) is 12.8. The van der Waals surface area contributed by atoms with Crippen LogP contribution in [0.25, 0.3) is 22.4 Å². The van der Waals surface area contributed by atoms with Gasteiger partial charge in [0.1, 0.15) is 22.7 Å². The summed E-state index contributed by atoms with van der Waals surface area (Å²) in [6, 6.07) is 4.62. The zero-order valence-corrected chi connectivity index (χ0v) is 19.4. The SMILES string of the molecule is CSc1cnc2c(c1)c(C#N)c(-c1ccc(S(=O)(=O)N[C@@H](C)C(F)(F)F)cn1)n2C1CCC1. The maximum absolute atomic E-state index is 12.8. The Kier molecular flexibility index (Phi) is 6.15. The highest BCUT2D eigenvalue weighted by Gasteiger charge is 2.39. The number of sulfonamides is 1. The summed E-state index contributed by atoms with van der Waals surface area (Å²) < 4.78 is 66.7. The van der Waals surface area contributed by atoms with Crippen molar-refractivity contribution in [3.63, 3.8) is 0 Å². The molecule has 0 bridgehead atoms. The van der Waals surface area contributed by atoms with Gasteiger partial charge in [0.15, 0.2) is 0 Å². The molecule has 0 radical (unpaired) electrons. The van der Waals surface area contributed by atoms with Crippen molar-refractivity contribution in [1.82, 2.24) is 19.3 Å². The summed E-state index contributed by atoms with van der Waals surface area (Å²) in [5.74, 6) is 0. The minimum absolute atomic E-state index is 0.136. The molecule has 0 spiro atoms. The monoisotopic (exact) mass is 495 g/mol. The number of halogens is 3. The number of hydrogen-bond acceptors (Lipinski definition) is 6. The summed E-state index contributed by atoms with van der Waals surface area (Å²) in [7, 11) is -4.43. The van der Waals surface area contributed by atoms with Gasteiger partial charge in [0, 0.05) is 28.7 Å². The Morgan fingerprint density at radius 3 is 2.52 bits per heavy atom. The molecule has 3 aromatic heterocycles. The van der Waals surface area contributed by atoms with Gasteiger partial charge in [0.25, 0.3) is 0 Å². The van der Waals surface area contributed by atoms with Gasteiger partial charge in [-0.1, -0.05) is 0 Å². The Hall–Kier alpha value is -2.62. The molecule has 0 saturated heterocycles. The summed E-state index contributed by atoms with van der Waals surface area (Å²) in [4.78, 5) is 9.31. The van der Waals surface area contributed by atoms with E-state index < -0.39 is 27.1 Å². The van der Waals surface area contributed by atoms with Gasteiger partial charge < -0.3 is 4.57 Å². The van der Waals surface area contributed by atoms with Crippen molar-refractivity contribution in [3.05, 3.63) is 36.2 Å². The molecule has 0 aliphatic heterocycles. The number of rotatable bonds is 6. The smallest absolute Gasteiger partial charge is 0.320 e. The molecule has 33 heavy (non-hydrogen) atoms. The molecular weight excluding hydrogens is 475 g/mol. The highest BCUT2D eigenvalue weighted by Crippen LogP contribution is 2.42. The zero-order chi connectivity index (χ0) is 24.0. The van der Waals surface area contributed by atoms with Crippen LogP contribution in [0.15, 0.2) is 40.4 Å². The first kappa shape index (κ1) is 23.5. The number of nitrogens with zero attached hydrogens (tertiary/aromatic N) is 4. The Balaban J connectivity index is 1.80. The van der Waals surface area contributed by atoms with E-state index in [9.17, 15) is 26.9 Å². The third-order valence-electron chi connectivity index (χ3n) is 5.72. The molecule has 0 aromatic carbocycles. The van der Waals surface area contributed by atoms with Crippen molar-refractivity contribution in [3.8, 4) is 17.5 Å². The third kappa shape index (κ3) is 4.32. The summed E-state index contributed by atoms with van der Waals surface area (Å²) in [6.07, 6.45) is 2.82. The molecule has 0 unspecified atom stereocenters. The predicted octanol–water partition coefficient (Wildman–Crippen LogP) is 4.65. The fourth-order valence-corrected chi connectivity index (χ4v) is 5.26. The van der Waals surface area contributed by atoms with Crippen LogP contribution < -0.4 is 4.72 Å². The lowest BCUT2D eigenvalue weighted by atomic mass is 9.92. The first-order valence-electron chi connectivity index (χ1n) is 10.1. The molecule has 7 nitrogen and oxygen atoms in total. The number of pyridine rings is 2. The van der Waals surface area contributed by atoms with E-state index in [2.05, 4.69) is 16.0 Å². The molecule has 12 heteroatoms. The maximum atomic E-state index is 12.8. The standard InChI is InChI=1S/C21H20F3N5O2S2/c1-12(21(22,23)24)28-33(30,31)15-6-7-18(26-11-15)19-17(9-25)16-8-14(32-2)10-27-20(16)29(19)13-4-3-5-13/h6-8,10-13,28H,3-5H2,1-2H3/t12-/m0/s1. The van der Waals surface area contributed by atoms with Crippen molar-refractivity contribution in [1.29, 1.82) is 5.26 Å². The van der Waals surface area contributed by atoms with Crippen LogP contribution in [-0.4, -0.2) is 41.4 Å². The van der Waals surface area contributed by atoms with Crippen LogP contribution in [0.3, 0.4) is 0 Å². The minimum atomic E-state index is -4.71. The molecule has 1 N–H and O–H groups in total. The van der Waals surface area contributed by atoms with Crippen LogP contribution >= 0.6 is 11.8 Å². The highest BCUT2D eigenvalue weighted by molar-refractivity contribution is 7.98. The summed E-state index contributed by atoms with van der Waals surface area (Å²) in [5.41, 5.74) is 1.92. The van der Waals surface area contributed by atoms with Crippen LogP contribution in [0, 0.1) is 11.3 Å². The molecule has 3 heterocycles. The van der Waals surface area contributed by atoms with E-state index in [0.29, 0.717) is 28.0 Å². The van der Waals surface area contributed by atoms with Gasteiger partial charge in [-0.3, -0.25) is 4.98 Å². The second kappa shape index (κ2) is 8.62. The van der Waals surface area contributed by atoms with Gasteiger partial charge in [0.05, 0.1) is 17.0 Å². The molecule has 4 rings (SSSR count). The molecular formula is C21H20F3N5O2S2. The summed E-state index contributed by atoms with van der Waals surface area (Å²) in [6.45, 7) is 0.728. The third-order valence-corrected chi connectivity index (χ3v) is 7.94. The van der Waals surface area contributed by atoms with Crippen molar-refractivity contribution >= 4 is 32.8 Å². The number of nitriles is 1. The number of alkyl halides is 3. The Morgan fingerprint density at radius 1 is 1.27 bits per heavy atom. The first-order chi connectivity index (χ1) is 15.6. The van der Waals surface area contributed by atoms with Gasteiger partial charge >= 0.3 is 6.18 Å². The van der Waals surface area contributed by atoms with Crippen LogP contribution in [0.1, 0.15) is 37.8 Å². The van der Waals surface area contributed by atoms with E-state index in [0.717, 1.165) is 37.3 Å². The van der Waals surface area contributed by atoms with Gasteiger partial charge in [-0.25, -0.2) is 13.4 Å². The number of nitrogens with one attached hydrogen (secondary N) is 1. The maximum Gasteiger partial charge on any atom is 0.404 e. The second-order valence-corrected chi connectivity index (χ2v) is 10.4.